The second kappa shape index (κ2) is 13.6. The summed E-state index contributed by atoms with van der Waals surface area (Å²) >= 11 is 0. The molecule has 0 aromatic heterocycles. The molecule has 0 saturated heterocycles. The Labute approximate surface area is 161 Å². The van der Waals surface area contributed by atoms with Crippen molar-refractivity contribution in [2.45, 2.75) is 63.6 Å². The number of aliphatic hydroxyl groups excluding tert-OH is 1. The van der Waals surface area contributed by atoms with Crippen LogP contribution in [0.15, 0.2) is 30.3 Å². The minimum Gasteiger partial charge on any atom is -0.481 e. The standard InChI is InChI=1S/C20H32O7/c1-15(21)9-10-17(27-14-24-2)11-18(25-3)19(12-20(22)23)26-13-16-7-5-4-6-8-16/h4-8,15,17-19,21H,9-14H2,1-3H3,(H,22,23)/t15-,17?,18+,19+/m1/s1. The van der Waals surface area contributed by atoms with Gasteiger partial charge in [0.1, 0.15) is 6.79 Å². The van der Waals surface area contributed by atoms with Gasteiger partial charge in [-0.05, 0) is 25.3 Å². The fourth-order valence-electron chi connectivity index (χ4n) is 2.77. The van der Waals surface area contributed by atoms with E-state index in [4.69, 9.17) is 18.9 Å². The van der Waals surface area contributed by atoms with Crippen LogP contribution in [0.25, 0.3) is 0 Å². The van der Waals surface area contributed by atoms with Gasteiger partial charge >= 0.3 is 5.97 Å². The molecule has 1 unspecified atom stereocenters. The Morgan fingerprint density at radius 1 is 1.07 bits per heavy atom. The number of carbonyl (C=O) groups is 1. The summed E-state index contributed by atoms with van der Waals surface area (Å²) < 4.78 is 22.1. The molecule has 1 aromatic rings. The number of aliphatic hydroxyl groups is 1. The SMILES string of the molecule is COCOC(CC[C@@H](C)O)C[C@H](OC)[C@H](CC(=O)O)OCc1ccccc1. The quantitative estimate of drug-likeness (QED) is 0.449. The van der Waals surface area contributed by atoms with Crippen LogP contribution < -0.4 is 0 Å². The number of hydrogen-bond acceptors (Lipinski definition) is 6. The van der Waals surface area contributed by atoms with E-state index in [1.165, 1.54) is 14.2 Å². The van der Waals surface area contributed by atoms with E-state index in [1.807, 2.05) is 30.3 Å². The van der Waals surface area contributed by atoms with Crippen molar-refractivity contribution in [2.75, 3.05) is 21.0 Å². The summed E-state index contributed by atoms with van der Waals surface area (Å²) in [7, 11) is 3.07. The lowest BCUT2D eigenvalue weighted by Gasteiger charge is -2.29. The fraction of sp³-hybridized carbons (Fsp3) is 0.650. The van der Waals surface area contributed by atoms with Crippen LogP contribution in [0.5, 0.6) is 0 Å². The first-order valence-electron chi connectivity index (χ1n) is 9.15. The smallest absolute Gasteiger partial charge is 0.306 e. The highest BCUT2D eigenvalue weighted by Gasteiger charge is 2.28. The predicted octanol–water partition coefficient (Wildman–Crippen LogP) is 2.60. The van der Waals surface area contributed by atoms with Gasteiger partial charge in [0, 0.05) is 20.6 Å². The van der Waals surface area contributed by atoms with E-state index in [0.29, 0.717) is 25.9 Å². The number of carboxylic acids is 1. The average molecular weight is 384 g/mol. The summed E-state index contributed by atoms with van der Waals surface area (Å²) in [5.74, 6) is -0.951. The third kappa shape index (κ3) is 10.4. The Morgan fingerprint density at radius 3 is 2.33 bits per heavy atom. The maximum Gasteiger partial charge on any atom is 0.306 e. The van der Waals surface area contributed by atoms with E-state index in [1.54, 1.807) is 6.92 Å². The third-order valence-corrected chi connectivity index (χ3v) is 4.22. The van der Waals surface area contributed by atoms with Crippen LogP contribution >= 0.6 is 0 Å². The van der Waals surface area contributed by atoms with Gasteiger partial charge in [0.2, 0.25) is 0 Å². The lowest BCUT2D eigenvalue weighted by Crippen LogP contribution is -2.37. The van der Waals surface area contributed by atoms with Crippen molar-refractivity contribution >= 4 is 5.97 Å². The Morgan fingerprint density at radius 2 is 1.78 bits per heavy atom. The van der Waals surface area contributed by atoms with Gasteiger partial charge in [0.25, 0.3) is 0 Å². The second-order valence-electron chi connectivity index (χ2n) is 6.56. The van der Waals surface area contributed by atoms with E-state index in [0.717, 1.165) is 5.56 Å². The lowest BCUT2D eigenvalue weighted by atomic mass is 9.99. The molecule has 1 aromatic carbocycles. The largest absolute Gasteiger partial charge is 0.481 e. The van der Waals surface area contributed by atoms with Crippen LogP contribution in [0.3, 0.4) is 0 Å². The first-order valence-corrected chi connectivity index (χ1v) is 9.15. The number of ether oxygens (including phenoxy) is 4. The highest BCUT2D eigenvalue weighted by atomic mass is 16.7. The van der Waals surface area contributed by atoms with Crippen molar-refractivity contribution in [3.05, 3.63) is 35.9 Å². The zero-order valence-electron chi connectivity index (χ0n) is 16.4. The minimum absolute atomic E-state index is 0.120. The molecule has 7 heteroatoms. The number of benzene rings is 1. The van der Waals surface area contributed by atoms with Crippen molar-refractivity contribution in [3.8, 4) is 0 Å². The molecule has 0 radical (unpaired) electrons. The second-order valence-corrected chi connectivity index (χ2v) is 6.56. The molecule has 154 valence electrons. The molecule has 0 aliphatic carbocycles. The normalized spacial score (nSPS) is 15.9. The molecule has 0 amide bonds. The summed E-state index contributed by atoms with van der Waals surface area (Å²) in [6.07, 6.45) is -0.296. The molecule has 0 aliphatic heterocycles. The van der Waals surface area contributed by atoms with Gasteiger partial charge < -0.3 is 29.2 Å². The maximum atomic E-state index is 11.3. The molecule has 0 saturated carbocycles. The van der Waals surface area contributed by atoms with Crippen LogP contribution in [0.4, 0.5) is 0 Å². The maximum absolute atomic E-state index is 11.3. The molecule has 27 heavy (non-hydrogen) atoms. The summed E-state index contributed by atoms with van der Waals surface area (Å²) in [5.41, 5.74) is 0.962. The Bertz CT molecular complexity index is 506. The summed E-state index contributed by atoms with van der Waals surface area (Å²) in [6, 6.07) is 9.57. The molecule has 7 nitrogen and oxygen atoms in total. The van der Waals surface area contributed by atoms with Gasteiger partial charge in [-0.15, -0.1) is 0 Å². The highest BCUT2D eigenvalue weighted by Crippen LogP contribution is 2.20. The first kappa shape index (κ1) is 23.5. The highest BCUT2D eigenvalue weighted by molar-refractivity contribution is 5.67. The van der Waals surface area contributed by atoms with Crippen molar-refractivity contribution in [3.63, 3.8) is 0 Å². The molecular weight excluding hydrogens is 352 g/mol. The summed E-state index contributed by atoms with van der Waals surface area (Å²) in [4.78, 5) is 11.3. The summed E-state index contributed by atoms with van der Waals surface area (Å²) in [6.45, 7) is 2.14. The Balaban J connectivity index is 2.75. The zero-order valence-corrected chi connectivity index (χ0v) is 16.4. The zero-order chi connectivity index (χ0) is 20.1. The van der Waals surface area contributed by atoms with E-state index < -0.39 is 24.3 Å². The topological polar surface area (TPSA) is 94.5 Å². The molecule has 1 rings (SSSR count). The number of rotatable bonds is 15. The van der Waals surface area contributed by atoms with Gasteiger partial charge in [-0.2, -0.15) is 0 Å². The minimum atomic E-state index is -0.951. The van der Waals surface area contributed by atoms with E-state index in [2.05, 4.69) is 0 Å². The van der Waals surface area contributed by atoms with E-state index in [9.17, 15) is 15.0 Å². The average Bonchev–Trinajstić information content (AvgIpc) is 2.65. The Kier molecular flexibility index (Phi) is 11.9. The first-order chi connectivity index (χ1) is 13.0. The van der Waals surface area contributed by atoms with E-state index in [-0.39, 0.29) is 19.3 Å². The van der Waals surface area contributed by atoms with Crippen molar-refractivity contribution in [1.82, 2.24) is 0 Å². The molecule has 0 bridgehead atoms. The van der Waals surface area contributed by atoms with Crippen molar-refractivity contribution in [2.24, 2.45) is 0 Å². The van der Waals surface area contributed by atoms with Crippen LogP contribution in [0.1, 0.15) is 38.2 Å². The molecule has 2 N–H and O–H groups in total. The van der Waals surface area contributed by atoms with Gasteiger partial charge in [-0.1, -0.05) is 30.3 Å². The van der Waals surface area contributed by atoms with Crippen LogP contribution in [-0.2, 0) is 30.3 Å². The lowest BCUT2D eigenvalue weighted by molar-refractivity contribution is -0.148. The number of methoxy groups -OCH3 is 2. The molecule has 4 atom stereocenters. The van der Waals surface area contributed by atoms with E-state index >= 15 is 0 Å². The fourth-order valence-corrected chi connectivity index (χ4v) is 2.77. The van der Waals surface area contributed by atoms with Gasteiger partial charge in [0.05, 0.1) is 37.4 Å². The van der Waals surface area contributed by atoms with Crippen LogP contribution in [0, 0.1) is 0 Å². The molecule has 0 heterocycles. The summed E-state index contributed by atoms with van der Waals surface area (Å²) in [5, 5.41) is 18.8. The van der Waals surface area contributed by atoms with Gasteiger partial charge in [0.15, 0.2) is 0 Å². The van der Waals surface area contributed by atoms with Gasteiger partial charge in [-0.3, -0.25) is 4.79 Å². The third-order valence-electron chi connectivity index (χ3n) is 4.22. The monoisotopic (exact) mass is 384 g/mol. The van der Waals surface area contributed by atoms with Gasteiger partial charge in [-0.25, -0.2) is 0 Å². The van der Waals surface area contributed by atoms with Crippen molar-refractivity contribution in [1.29, 1.82) is 0 Å². The Hall–Kier alpha value is -1.51. The van der Waals surface area contributed by atoms with Crippen LogP contribution in [-0.4, -0.2) is 61.6 Å². The van der Waals surface area contributed by atoms with Crippen molar-refractivity contribution < 1.29 is 34.0 Å². The molecule has 0 spiro atoms. The number of hydrogen-bond donors (Lipinski definition) is 2. The predicted molar refractivity (Wildman–Crippen MR) is 100 cm³/mol. The van der Waals surface area contributed by atoms with Crippen LogP contribution in [0.2, 0.25) is 0 Å². The number of carboxylic acid groups (broad SMARTS) is 1. The molecule has 0 aliphatic rings. The molecular formula is C20H32O7. The number of aliphatic carboxylic acids is 1. The molecule has 0 fully saturated rings.